The third-order valence-corrected chi connectivity index (χ3v) is 11.6. The second-order valence-electron chi connectivity index (χ2n) is 16.5. The molecule has 0 aliphatic carbocycles. The van der Waals surface area contributed by atoms with E-state index in [1.54, 1.807) is 0 Å². The summed E-state index contributed by atoms with van der Waals surface area (Å²) in [4.78, 5) is 10.7. The summed E-state index contributed by atoms with van der Waals surface area (Å²) >= 11 is 0. The molecule has 5 aromatic carbocycles. The van der Waals surface area contributed by atoms with Gasteiger partial charge in [0.05, 0.1) is 17.1 Å². The van der Waals surface area contributed by atoms with Crippen LogP contribution in [0.1, 0.15) is 124 Å². The molecule has 3 heteroatoms. The summed E-state index contributed by atoms with van der Waals surface area (Å²) in [7, 11) is 0. The van der Waals surface area contributed by atoms with Crippen LogP contribution in [-0.4, -0.2) is 9.97 Å². The Labute approximate surface area is 333 Å². The summed E-state index contributed by atoms with van der Waals surface area (Å²) in [6.07, 6.45) is 1.90. The molecule has 0 N–H and O–H groups in total. The molecule has 3 nitrogen and oxygen atoms in total. The third-order valence-electron chi connectivity index (χ3n) is 11.6. The monoisotopic (exact) mass is 732 g/mol. The Balaban J connectivity index is 1.46. The molecule has 1 aliphatic heterocycles. The van der Waals surface area contributed by atoms with Gasteiger partial charge in [-0.1, -0.05) is 159 Å². The summed E-state index contributed by atoms with van der Waals surface area (Å²) in [5, 5.41) is 0. The van der Waals surface area contributed by atoms with Gasteiger partial charge in [-0.2, -0.15) is 0 Å². The van der Waals surface area contributed by atoms with Crippen molar-refractivity contribution in [3.8, 4) is 45.0 Å². The molecule has 2 aromatic heterocycles. The van der Waals surface area contributed by atoms with Gasteiger partial charge in [0, 0.05) is 22.9 Å². The van der Waals surface area contributed by atoms with Gasteiger partial charge in [0.15, 0.2) is 0 Å². The standard InChI is InChI=1S/C53H52N2O/c1-33(2)40-19-14-20-41(34(3)4)51(40)38-26-28-44-47(31-38)56-48-32-39(52-42(35(5)6)21-15-22-43(52)36(7)8)27-29-45(48)53(44,49-24-12-13-30-54-49)50-25-16-23-46(55-50)37-17-10-9-11-18-37/h9-36H,1-8H3. The number of nitrogens with zero attached hydrogens (tertiary/aromatic N) is 2. The molecule has 0 atom stereocenters. The number of ether oxygens (including phenoxy) is 1. The minimum atomic E-state index is -0.872. The minimum Gasteiger partial charge on any atom is -0.457 e. The SMILES string of the molecule is CC(C)c1cccc(C(C)C)c1-c1ccc2c(c1)Oc1cc(-c3c(C(C)C)cccc3C(C)C)ccc1C2(c1ccccn1)c1cccc(-c2ccccc2)n1. The first kappa shape index (κ1) is 37.1. The first-order chi connectivity index (χ1) is 27.1. The highest BCUT2D eigenvalue weighted by atomic mass is 16.5. The quantitative estimate of drug-likeness (QED) is 0.148. The molecule has 0 amide bonds. The fraction of sp³-hybridized carbons (Fsp3) is 0.245. The van der Waals surface area contributed by atoms with Crippen LogP contribution in [0.3, 0.4) is 0 Å². The number of fused-ring (bicyclic) bond motifs is 2. The van der Waals surface area contributed by atoms with Crippen molar-refractivity contribution in [3.05, 3.63) is 190 Å². The summed E-state index contributed by atoms with van der Waals surface area (Å²) in [5.74, 6) is 3.07. The van der Waals surface area contributed by atoms with Crippen molar-refractivity contribution in [1.82, 2.24) is 9.97 Å². The zero-order valence-corrected chi connectivity index (χ0v) is 34.0. The second-order valence-corrected chi connectivity index (χ2v) is 16.5. The Morgan fingerprint density at radius 3 is 1.36 bits per heavy atom. The topological polar surface area (TPSA) is 35.0 Å². The fourth-order valence-electron chi connectivity index (χ4n) is 8.86. The van der Waals surface area contributed by atoms with Crippen molar-refractivity contribution in [2.75, 3.05) is 0 Å². The van der Waals surface area contributed by atoms with E-state index >= 15 is 0 Å². The Hall–Kier alpha value is -5.80. The van der Waals surface area contributed by atoms with Crippen molar-refractivity contribution in [3.63, 3.8) is 0 Å². The van der Waals surface area contributed by atoms with Crippen LogP contribution in [0, 0.1) is 0 Å². The minimum absolute atomic E-state index is 0.359. The highest BCUT2D eigenvalue weighted by Crippen LogP contribution is 2.56. The maximum Gasteiger partial charge on any atom is 0.132 e. The van der Waals surface area contributed by atoms with Crippen LogP contribution in [0.4, 0.5) is 0 Å². The van der Waals surface area contributed by atoms with Gasteiger partial charge in [-0.25, -0.2) is 0 Å². The van der Waals surface area contributed by atoms with Crippen LogP contribution < -0.4 is 4.74 Å². The van der Waals surface area contributed by atoms with Crippen LogP contribution >= 0.6 is 0 Å². The van der Waals surface area contributed by atoms with Crippen molar-refractivity contribution in [2.45, 2.75) is 84.5 Å². The average molecular weight is 733 g/mol. The Morgan fingerprint density at radius 1 is 0.429 bits per heavy atom. The normalized spacial score (nSPS) is 13.2. The van der Waals surface area contributed by atoms with Crippen molar-refractivity contribution in [2.24, 2.45) is 0 Å². The molecule has 280 valence electrons. The smallest absolute Gasteiger partial charge is 0.132 e. The number of benzene rings is 5. The maximum absolute atomic E-state index is 7.26. The number of hydrogen-bond donors (Lipinski definition) is 0. The number of rotatable bonds is 9. The third kappa shape index (κ3) is 6.33. The van der Waals surface area contributed by atoms with E-state index in [1.165, 1.54) is 33.4 Å². The first-order valence-corrected chi connectivity index (χ1v) is 20.3. The van der Waals surface area contributed by atoms with Crippen LogP contribution in [0.25, 0.3) is 33.5 Å². The lowest BCUT2D eigenvalue weighted by molar-refractivity contribution is 0.430. The van der Waals surface area contributed by atoms with Crippen molar-refractivity contribution in [1.29, 1.82) is 0 Å². The fourth-order valence-corrected chi connectivity index (χ4v) is 8.86. The Morgan fingerprint density at radius 2 is 0.893 bits per heavy atom. The molecule has 3 heterocycles. The average Bonchev–Trinajstić information content (AvgIpc) is 3.22. The first-order valence-electron chi connectivity index (χ1n) is 20.3. The lowest BCUT2D eigenvalue weighted by Gasteiger charge is -2.40. The van der Waals surface area contributed by atoms with E-state index in [0.717, 1.165) is 56.4 Å². The van der Waals surface area contributed by atoms with Gasteiger partial charge in [-0.3, -0.25) is 9.97 Å². The molecule has 0 saturated carbocycles. The van der Waals surface area contributed by atoms with Gasteiger partial charge in [0.25, 0.3) is 0 Å². The van der Waals surface area contributed by atoms with Crippen LogP contribution in [0.2, 0.25) is 0 Å². The van der Waals surface area contributed by atoms with Crippen molar-refractivity contribution < 1.29 is 4.74 Å². The van der Waals surface area contributed by atoms with E-state index in [9.17, 15) is 0 Å². The Kier molecular flexibility index (Phi) is 9.97. The highest BCUT2D eigenvalue weighted by Gasteiger charge is 2.48. The van der Waals surface area contributed by atoms with Gasteiger partial charge >= 0.3 is 0 Å². The molecular weight excluding hydrogens is 681 g/mol. The molecule has 0 saturated heterocycles. The van der Waals surface area contributed by atoms with Gasteiger partial charge in [0.2, 0.25) is 0 Å². The van der Waals surface area contributed by atoms with E-state index in [2.05, 4.69) is 183 Å². The summed E-state index contributed by atoms with van der Waals surface area (Å²) in [6, 6.07) is 50.3. The summed E-state index contributed by atoms with van der Waals surface area (Å²) in [5.41, 5.74) is 15.2. The van der Waals surface area contributed by atoms with Gasteiger partial charge in [0.1, 0.15) is 16.9 Å². The second kappa shape index (κ2) is 15.0. The molecule has 0 fully saturated rings. The number of pyridine rings is 2. The molecule has 1 aliphatic rings. The van der Waals surface area contributed by atoms with Crippen LogP contribution in [0.15, 0.2) is 146 Å². The predicted octanol–water partition coefficient (Wildman–Crippen LogP) is 14.5. The highest BCUT2D eigenvalue weighted by molar-refractivity contribution is 5.80. The number of aromatic nitrogens is 2. The van der Waals surface area contributed by atoms with Crippen molar-refractivity contribution >= 4 is 0 Å². The lowest BCUT2D eigenvalue weighted by atomic mass is 9.66. The van der Waals surface area contributed by atoms with E-state index < -0.39 is 5.41 Å². The lowest BCUT2D eigenvalue weighted by Crippen LogP contribution is -2.36. The van der Waals surface area contributed by atoms with Crippen LogP contribution in [0.5, 0.6) is 11.5 Å². The van der Waals surface area contributed by atoms with Crippen LogP contribution in [-0.2, 0) is 5.41 Å². The zero-order valence-electron chi connectivity index (χ0n) is 34.0. The summed E-state index contributed by atoms with van der Waals surface area (Å²) < 4.78 is 7.26. The predicted molar refractivity (Wildman–Crippen MR) is 233 cm³/mol. The van der Waals surface area contributed by atoms with Gasteiger partial charge in [-0.05, 0) is 105 Å². The van der Waals surface area contributed by atoms with E-state index in [-0.39, 0.29) is 0 Å². The molecule has 0 unspecified atom stereocenters. The molecule has 0 bridgehead atoms. The zero-order chi connectivity index (χ0) is 39.1. The molecule has 0 spiro atoms. The maximum atomic E-state index is 7.26. The van der Waals surface area contributed by atoms with Gasteiger partial charge < -0.3 is 4.74 Å². The van der Waals surface area contributed by atoms with E-state index in [4.69, 9.17) is 14.7 Å². The van der Waals surface area contributed by atoms with E-state index in [0.29, 0.717) is 23.7 Å². The summed E-state index contributed by atoms with van der Waals surface area (Å²) in [6.45, 7) is 18.3. The molecule has 8 rings (SSSR count). The van der Waals surface area contributed by atoms with E-state index in [1.807, 2.05) is 18.3 Å². The molecule has 0 radical (unpaired) electrons. The number of hydrogen-bond acceptors (Lipinski definition) is 3. The molecule has 56 heavy (non-hydrogen) atoms. The molecular formula is C53H52N2O. The Bertz CT molecular complexity index is 2350. The van der Waals surface area contributed by atoms with Gasteiger partial charge in [-0.15, -0.1) is 0 Å². The largest absolute Gasteiger partial charge is 0.457 e. The molecule has 7 aromatic rings.